The van der Waals surface area contributed by atoms with Gasteiger partial charge < -0.3 is 24.1 Å². The fraction of sp³-hybridized carbons (Fsp3) is 0.452. The first-order valence-electron chi connectivity index (χ1n) is 13.6. The lowest BCUT2D eigenvalue weighted by Gasteiger charge is -2.33. The summed E-state index contributed by atoms with van der Waals surface area (Å²) in [7, 11) is 3.28. The van der Waals surface area contributed by atoms with Gasteiger partial charge >= 0.3 is 0 Å². The third-order valence-corrected chi connectivity index (χ3v) is 7.22. The van der Waals surface area contributed by atoms with Gasteiger partial charge in [0.05, 0.1) is 20.8 Å². The molecule has 1 saturated heterocycles. The number of hydrogen-bond acceptors (Lipinski definition) is 6. The van der Waals surface area contributed by atoms with Crippen molar-refractivity contribution in [1.29, 1.82) is 0 Å². The maximum absolute atomic E-state index is 12.7. The lowest BCUT2D eigenvalue weighted by atomic mass is 10.0. The first-order valence-corrected chi connectivity index (χ1v) is 13.6. The van der Waals surface area contributed by atoms with Crippen molar-refractivity contribution in [2.45, 2.75) is 58.3 Å². The number of nitrogens with zero attached hydrogens (tertiary/aromatic N) is 2. The van der Waals surface area contributed by atoms with Crippen molar-refractivity contribution in [1.82, 2.24) is 15.1 Å². The molecule has 204 valence electrons. The van der Waals surface area contributed by atoms with E-state index in [0.29, 0.717) is 42.9 Å². The summed E-state index contributed by atoms with van der Waals surface area (Å²) >= 11 is 0. The molecule has 0 aliphatic carbocycles. The van der Waals surface area contributed by atoms with Gasteiger partial charge in [-0.3, -0.25) is 9.69 Å². The summed E-state index contributed by atoms with van der Waals surface area (Å²) in [6.45, 7) is 7.14. The molecule has 0 spiro atoms. The number of amides is 1. The van der Waals surface area contributed by atoms with Gasteiger partial charge in [-0.2, -0.15) is 0 Å². The summed E-state index contributed by atoms with van der Waals surface area (Å²) in [5, 5.41) is 3.02. The zero-order valence-electron chi connectivity index (χ0n) is 22.9. The lowest BCUT2D eigenvalue weighted by molar-refractivity contribution is 0.0916. The van der Waals surface area contributed by atoms with Crippen molar-refractivity contribution in [2.75, 3.05) is 33.9 Å². The predicted octanol–water partition coefficient (Wildman–Crippen LogP) is 5.49. The molecule has 1 aliphatic heterocycles. The Labute approximate surface area is 226 Å². The van der Waals surface area contributed by atoms with Gasteiger partial charge in [-0.25, -0.2) is 0 Å². The van der Waals surface area contributed by atoms with Gasteiger partial charge in [-0.15, -0.1) is 0 Å². The average Bonchev–Trinajstić information content (AvgIpc) is 3.41. The van der Waals surface area contributed by atoms with Crippen LogP contribution in [0, 0.1) is 0 Å². The van der Waals surface area contributed by atoms with E-state index < -0.39 is 0 Å². The Morgan fingerprint density at radius 1 is 0.974 bits per heavy atom. The molecule has 1 aromatic heterocycles. The van der Waals surface area contributed by atoms with Crippen LogP contribution in [0.25, 0.3) is 0 Å². The highest BCUT2D eigenvalue weighted by Crippen LogP contribution is 2.28. The highest BCUT2D eigenvalue weighted by molar-refractivity contribution is 5.91. The normalized spacial score (nSPS) is 15.9. The van der Waals surface area contributed by atoms with Crippen LogP contribution in [0.4, 0.5) is 0 Å². The highest BCUT2D eigenvalue weighted by Gasteiger charge is 2.18. The van der Waals surface area contributed by atoms with Crippen molar-refractivity contribution in [3.8, 4) is 11.5 Å². The molecule has 1 unspecified atom stereocenters. The van der Waals surface area contributed by atoms with Crippen LogP contribution in [0.15, 0.2) is 65.1 Å². The van der Waals surface area contributed by atoms with Gasteiger partial charge in [0.2, 0.25) is 0 Å². The van der Waals surface area contributed by atoms with E-state index >= 15 is 0 Å². The Morgan fingerprint density at radius 2 is 1.76 bits per heavy atom. The van der Waals surface area contributed by atoms with Gasteiger partial charge in [0.1, 0.15) is 5.76 Å². The fourth-order valence-corrected chi connectivity index (χ4v) is 5.11. The molecular weight excluding hydrogens is 478 g/mol. The van der Waals surface area contributed by atoms with Crippen molar-refractivity contribution < 1.29 is 18.7 Å². The largest absolute Gasteiger partial charge is 0.493 e. The molecule has 2 heterocycles. The summed E-state index contributed by atoms with van der Waals surface area (Å²) in [6.07, 6.45) is 4.82. The van der Waals surface area contributed by atoms with E-state index in [1.54, 1.807) is 20.3 Å². The summed E-state index contributed by atoms with van der Waals surface area (Å²) in [5.41, 5.74) is 2.31. The van der Waals surface area contributed by atoms with E-state index in [9.17, 15) is 4.79 Å². The SMILES string of the molecule is COc1ccc(CN(Cc2ccccc2)Cc2ccc(C(=O)NCCCN3CCCCC3C)o2)cc1OC. The molecule has 0 bridgehead atoms. The Bertz CT molecular complexity index is 1150. The van der Waals surface area contributed by atoms with E-state index in [1.165, 1.54) is 31.4 Å². The van der Waals surface area contributed by atoms with Gasteiger partial charge in [-0.1, -0.05) is 42.8 Å². The molecule has 3 aromatic rings. The van der Waals surface area contributed by atoms with E-state index in [2.05, 4.69) is 34.2 Å². The van der Waals surface area contributed by atoms with Crippen LogP contribution in [0.3, 0.4) is 0 Å². The first kappa shape index (κ1) is 27.7. The number of hydrogen-bond donors (Lipinski definition) is 1. The Morgan fingerprint density at radius 3 is 2.53 bits per heavy atom. The summed E-state index contributed by atoms with van der Waals surface area (Å²) in [6, 6.07) is 20.6. The Hall–Kier alpha value is -3.29. The third-order valence-electron chi connectivity index (χ3n) is 7.22. The van der Waals surface area contributed by atoms with Gasteiger partial charge in [0, 0.05) is 32.2 Å². The molecule has 0 radical (unpaired) electrons. The Balaban J connectivity index is 1.35. The van der Waals surface area contributed by atoms with Crippen LogP contribution in [0.2, 0.25) is 0 Å². The second kappa shape index (κ2) is 14.0. The molecule has 38 heavy (non-hydrogen) atoms. The predicted molar refractivity (Wildman–Crippen MR) is 149 cm³/mol. The number of methoxy groups -OCH3 is 2. The van der Waals surface area contributed by atoms with Gasteiger partial charge in [0.15, 0.2) is 17.3 Å². The monoisotopic (exact) mass is 519 g/mol. The third kappa shape index (κ3) is 7.85. The average molecular weight is 520 g/mol. The number of ether oxygens (including phenoxy) is 2. The van der Waals surface area contributed by atoms with Gasteiger partial charge in [0.25, 0.3) is 5.91 Å². The van der Waals surface area contributed by atoms with Crippen molar-refractivity contribution in [2.24, 2.45) is 0 Å². The number of carbonyl (C=O) groups is 1. The van der Waals surface area contributed by atoms with Crippen molar-refractivity contribution >= 4 is 5.91 Å². The van der Waals surface area contributed by atoms with Crippen LogP contribution < -0.4 is 14.8 Å². The number of carbonyl (C=O) groups excluding carboxylic acids is 1. The van der Waals surface area contributed by atoms with Crippen LogP contribution in [-0.2, 0) is 19.6 Å². The molecule has 7 heteroatoms. The minimum Gasteiger partial charge on any atom is -0.493 e. The molecule has 2 aromatic carbocycles. The number of piperidine rings is 1. The van der Waals surface area contributed by atoms with E-state index in [-0.39, 0.29) is 5.91 Å². The number of furan rings is 1. The molecule has 1 fully saturated rings. The topological polar surface area (TPSA) is 67.2 Å². The zero-order valence-corrected chi connectivity index (χ0v) is 22.9. The summed E-state index contributed by atoms with van der Waals surface area (Å²) < 4.78 is 16.9. The number of likely N-dealkylation sites (tertiary alicyclic amines) is 1. The molecule has 1 N–H and O–H groups in total. The molecular formula is C31H41N3O4. The number of nitrogens with one attached hydrogen (secondary N) is 1. The minimum absolute atomic E-state index is 0.155. The van der Waals surface area contributed by atoms with E-state index in [1.807, 2.05) is 42.5 Å². The first-order chi connectivity index (χ1) is 18.6. The second-order valence-electron chi connectivity index (χ2n) is 10.1. The molecule has 7 nitrogen and oxygen atoms in total. The van der Waals surface area contributed by atoms with E-state index in [4.69, 9.17) is 13.9 Å². The highest BCUT2D eigenvalue weighted by atomic mass is 16.5. The van der Waals surface area contributed by atoms with Crippen molar-refractivity contribution in [3.05, 3.63) is 83.3 Å². The zero-order chi connectivity index (χ0) is 26.7. The van der Waals surface area contributed by atoms with E-state index in [0.717, 1.165) is 30.8 Å². The van der Waals surface area contributed by atoms with Crippen LogP contribution in [0.5, 0.6) is 11.5 Å². The Kier molecular flexibility index (Phi) is 10.2. The molecule has 1 atom stereocenters. The van der Waals surface area contributed by atoms with Crippen molar-refractivity contribution in [3.63, 3.8) is 0 Å². The minimum atomic E-state index is -0.155. The smallest absolute Gasteiger partial charge is 0.286 e. The molecule has 0 saturated carbocycles. The lowest BCUT2D eigenvalue weighted by Crippen LogP contribution is -2.39. The molecule has 1 amide bonds. The summed E-state index contributed by atoms with van der Waals surface area (Å²) in [5.74, 6) is 2.37. The maximum atomic E-state index is 12.7. The second-order valence-corrected chi connectivity index (χ2v) is 10.1. The van der Waals surface area contributed by atoms with Crippen LogP contribution >= 0.6 is 0 Å². The fourth-order valence-electron chi connectivity index (χ4n) is 5.11. The number of benzene rings is 2. The number of rotatable bonds is 13. The quantitative estimate of drug-likeness (QED) is 0.301. The maximum Gasteiger partial charge on any atom is 0.286 e. The van der Waals surface area contributed by atoms with Crippen LogP contribution in [-0.4, -0.2) is 55.6 Å². The van der Waals surface area contributed by atoms with Gasteiger partial charge in [-0.05, 0) is 68.1 Å². The van der Waals surface area contributed by atoms with Crippen LogP contribution in [0.1, 0.15) is 60.0 Å². The summed E-state index contributed by atoms with van der Waals surface area (Å²) in [4.78, 5) is 17.5. The molecule has 4 rings (SSSR count). The standard InChI is InChI=1S/C31H41N3O4/c1-24-10-7-8-18-34(24)19-9-17-32-31(35)29-16-14-27(38-29)23-33(21-25-11-5-4-6-12-25)22-26-13-15-28(36-2)30(20-26)37-3/h4-6,11-16,20,24H,7-10,17-19,21-23H2,1-3H3,(H,32,35). The molecule has 1 aliphatic rings.